The minimum absolute atomic E-state index is 0.0551. The van der Waals surface area contributed by atoms with Gasteiger partial charge in [0, 0.05) is 31.7 Å². The van der Waals surface area contributed by atoms with Crippen molar-refractivity contribution in [2.75, 3.05) is 11.9 Å². The summed E-state index contributed by atoms with van der Waals surface area (Å²) >= 11 is 0. The van der Waals surface area contributed by atoms with Crippen LogP contribution in [0, 0.1) is 0 Å². The monoisotopic (exact) mass is 382 g/mol. The zero-order chi connectivity index (χ0) is 19.4. The van der Waals surface area contributed by atoms with Crippen LogP contribution in [0.3, 0.4) is 0 Å². The molecule has 3 aromatic rings. The molecule has 0 saturated carbocycles. The number of imidazole rings is 1. The van der Waals surface area contributed by atoms with Crippen molar-refractivity contribution in [2.24, 2.45) is 7.05 Å². The third kappa shape index (κ3) is 2.63. The van der Waals surface area contributed by atoms with Gasteiger partial charge in [-0.3, -0.25) is 4.98 Å². The number of phenols is 1. The van der Waals surface area contributed by atoms with Crippen molar-refractivity contribution in [2.45, 2.75) is 43.6 Å². The summed E-state index contributed by atoms with van der Waals surface area (Å²) in [5, 5.41) is 13.9. The molecule has 0 radical (unpaired) electrons. The average molecular weight is 382 g/mol. The molecule has 4 atom stereocenters. The van der Waals surface area contributed by atoms with E-state index in [0.717, 1.165) is 24.8 Å². The van der Waals surface area contributed by atoms with Gasteiger partial charge in [0.15, 0.2) is 5.75 Å². The molecular weight excluding hydrogens is 359 g/mol. The first-order valence-electron chi connectivity index (χ1n) is 9.61. The van der Waals surface area contributed by atoms with Crippen molar-refractivity contribution in [3.8, 4) is 17.0 Å². The number of hydrogen-bond donors (Lipinski definition) is 2. The topological polar surface area (TPSA) is 79.1 Å². The number of aromatic nitrogens is 4. The van der Waals surface area contributed by atoms with Crippen LogP contribution in [0.25, 0.3) is 22.3 Å². The molecular formula is C20H23FN6O. The van der Waals surface area contributed by atoms with Crippen LogP contribution in [-0.2, 0) is 7.05 Å². The van der Waals surface area contributed by atoms with Gasteiger partial charge in [-0.05, 0) is 31.4 Å². The van der Waals surface area contributed by atoms with E-state index in [2.05, 4.69) is 20.3 Å². The van der Waals surface area contributed by atoms with Crippen molar-refractivity contribution in [1.82, 2.24) is 24.8 Å². The number of aromatic hydroxyl groups is 1. The van der Waals surface area contributed by atoms with E-state index in [1.807, 2.05) is 35.7 Å². The van der Waals surface area contributed by atoms with E-state index in [1.54, 1.807) is 18.7 Å². The Labute approximate surface area is 162 Å². The van der Waals surface area contributed by atoms with Crippen LogP contribution in [0.5, 0.6) is 5.75 Å². The predicted octanol–water partition coefficient (Wildman–Crippen LogP) is 2.40. The highest BCUT2D eigenvalue weighted by Crippen LogP contribution is 2.35. The minimum atomic E-state index is -0.916. The number of anilines is 1. The smallest absolute Gasteiger partial charge is 0.152 e. The lowest BCUT2D eigenvalue weighted by atomic mass is 9.96. The standard InChI is InChI=1S/C20H23FN6O/c1-26-10-24-19-15(26)6-4-12(20(19)28)14-8-23-17(9-22-14)27(2)16-7-11-3-5-13(25-11)18(16)21/h4,6,8-11,13,16,18,25,28H,3,5,7H2,1-2H3/t11?,13?,16-,18+/m1/s1. The molecule has 2 aliphatic heterocycles. The Kier molecular flexibility index (Phi) is 3.97. The van der Waals surface area contributed by atoms with Gasteiger partial charge in [-0.1, -0.05) is 0 Å². The van der Waals surface area contributed by atoms with Crippen LogP contribution < -0.4 is 10.2 Å². The fourth-order valence-corrected chi connectivity index (χ4v) is 4.56. The third-order valence-electron chi connectivity index (χ3n) is 6.20. The number of rotatable bonds is 3. The van der Waals surface area contributed by atoms with Gasteiger partial charge in [-0.15, -0.1) is 0 Å². The summed E-state index contributed by atoms with van der Waals surface area (Å²) in [5.41, 5.74) is 2.52. The van der Waals surface area contributed by atoms with E-state index >= 15 is 0 Å². The lowest BCUT2D eigenvalue weighted by Gasteiger charge is -2.38. The largest absolute Gasteiger partial charge is 0.505 e. The highest BCUT2D eigenvalue weighted by Gasteiger charge is 2.43. The van der Waals surface area contributed by atoms with E-state index in [9.17, 15) is 9.50 Å². The summed E-state index contributed by atoms with van der Waals surface area (Å²) in [6, 6.07) is 3.85. The molecule has 2 fully saturated rings. The minimum Gasteiger partial charge on any atom is -0.505 e. The molecule has 4 heterocycles. The summed E-state index contributed by atoms with van der Waals surface area (Å²) in [6.07, 6.45) is 6.73. The molecule has 1 aromatic carbocycles. The number of piperidine rings is 1. The highest BCUT2D eigenvalue weighted by molar-refractivity contribution is 5.89. The van der Waals surface area contributed by atoms with Crippen LogP contribution in [0.4, 0.5) is 10.2 Å². The molecule has 0 amide bonds. The van der Waals surface area contributed by atoms with Crippen molar-refractivity contribution >= 4 is 16.9 Å². The number of fused-ring (bicyclic) bond motifs is 3. The maximum atomic E-state index is 14.8. The molecule has 0 spiro atoms. The first-order valence-corrected chi connectivity index (χ1v) is 9.61. The molecule has 2 bridgehead atoms. The number of nitrogens with one attached hydrogen (secondary N) is 1. The van der Waals surface area contributed by atoms with Gasteiger partial charge >= 0.3 is 0 Å². The van der Waals surface area contributed by atoms with Gasteiger partial charge in [-0.25, -0.2) is 14.4 Å². The van der Waals surface area contributed by atoms with Gasteiger partial charge < -0.3 is 19.9 Å². The van der Waals surface area contributed by atoms with Crippen LogP contribution in [0.1, 0.15) is 19.3 Å². The maximum absolute atomic E-state index is 14.8. The number of hydrogen-bond acceptors (Lipinski definition) is 6. The van der Waals surface area contributed by atoms with Gasteiger partial charge in [0.2, 0.25) is 0 Å². The van der Waals surface area contributed by atoms with E-state index in [-0.39, 0.29) is 17.8 Å². The van der Waals surface area contributed by atoms with Crippen molar-refractivity contribution in [3.05, 3.63) is 30.9 Å². The number of nitrogens with zero attached hydrogens (tertiary/aromatic N) is 5. The maximum Gasteiger partial charge on any atom is 0.152 e. The van der Waals surface area contributed by atoms with E-state index in [1.165, 1.54) is 0 Å². The van der Waals surface area contributed by atoms with Gasteiger partial charge in [0.05, 0.1) is 36.0 Å². The molecule has 28 heavy (non-hydrogen) atoms. The fraction of sp³-hybridized carbons (Fsp3) is 0.450. The van der Waals surface area contributed by atoms with Crippen LogP contribution >= 0.6 is 0 Å². The first-order chi connectivity index (χ1) is 13.5. The molecule has 2 unspecified atom stereocenters. The summed E-state index contributed by atoms with van der Waals surface area (Å²) < 4.78 is 16.7. The van der Waals surface area contributed by atoms with Crippen molar-refractivity contribution in [1.29, 1.82) is 0 Å². The molecule has 2 aliphatic rings. The Morgan fingerprint density at radius 2 is 2.07 bits per heavy atom. The molecule has 146 valence electrons. The Morgan fingerprint density at radius 3 is 2.86 bits per heavy atom. The van der Waals surface area contributed by atoms with Gasteiger partial charge in [0.25, 0.3) is 0 Å². The fourth-order valence-electron chi connectivity index (χ4n) is 4.56. The third-order valence-corrected chi connectivity index (χ3v) is 6.20. The predicted molar refractivity (Wildman–Crippen MR) is 105 cm³/mol. The second kappa shape index (κ2) is 6.41. The first kappa shape index (κ1) is 17.4. The molecule has 2 aromatic heterocycles. The number of halogens is 1. The Hall–Kier alpha value is -2.74. The van der Waals surface area contributed by atoms with E-state index < -0.39 is 6.17 Å². The molecule has 5 rings (SSSR count). The van der Waals surface area contributed by atoms with Crippen LogP contribution in [0.2, 0.25) is 0 Å². The summed E-state index contributed by atoms with van der Waals surface area (Å²) in [6.45, 7) is 0. The molecule has 7 nitrogen and oxygen atoms in total. The summed E-state index contributed by atoms with van der Waals surface area (Å²) in [4.78, 5) is 15.1. The average Bonchev–Trinajstić information content (AvgIpc) is 3.29. The molecule has 2 N–H and O–H groups in total. The zero-order valence-electron chi connectivity index (χ0n) is 15.9. The van der Waals surface area contributed by atoms with Gasteiger partial charge in [-0.2, -0.15) is 0 Å². The Bertz CT molecular complexity index is 1020. The zero-order valence-corrected chi connectivity index (χ0v) is 15.9. The van der Waals surface area contributed by atoms with E-state index in [0.29, 0.717) is 28.6 Å². The SMILES string of the molecule is CN(c1cnc(-c2ccc3c(ncn3C)c2O)cn1)[C@@H]1CC2CCC(N2)[C@@H]1F. The second-order valence-corrected chi connectivity index (χ2v) is 7.85. The number of alkyl halides is 1. The second-order valence-electron chi connectivity index (χ2n) is 7.85. The van der Waals surface area contributed by atoms with Gasteiger partial charge in [0.1, 0.15) is 17.5 Å². The highest BCUT2D eigenvalue weighted by atomic mass is 19.1. The normalized spacial score (nSPS) is 26.7. The number of aryl methyl sites for hydroxylation is 1. The Morgan fingerprint density at radius 1 is 1.21 bits per heavy atom. The summed E-state index contributed by atoms with van der Waals surface area (Å²) in [7, 11) is 3.76. The van der Waals surface area contributed by atoms with E-state index in [4.69, 9.17) is 0 Å². The molecule has 2 saturated heterocycles. The van der Waals surface area contributed by atoms with Crippen molar-refractivity contribution < 1.29 is 9.50 Å². The number of benzene rings is 1. The summed E-state index contributed by atoms with van der Waals surface area (Å²) in [5.74, 6) is 0.725. The van der Waals surface area contributed by atoms with Crippen LogP contribution in [0.15, 0.2) is 30.9 Å². The molecule has 8 heteroatoms. The molecule has 0 aliphatic carbocycles. The van der Waals surface area contributed by atoms with Crippen LogP contribution in [-0.4, -0.2) is 56.0 Å². The quantitative estimate of drug-likeness (QED) is 0.724. The van der Waals surface area contributed by atoms with Crippen molar-refractivity contribution in [3.63, 3.8) is 0 Å². The number of phenolic OH excluding ortho intramolecular Hbond substituents is 1. The lowest BCUT2D eigenvalue weighted by molar-refractivity contribution is 0.176. The lowest BCUT2D eigenvalue weighted by Crippen LogP contribution is -2.55. The Balaban J connectivity index is 1.42.